The fourth-order valence-electron chi connectivity index (χ4n) is 4.11. The molecule has 18 heavy (non-hydrogen) atoms. The summed E-state index contributed by atoms with van der Waals surface area (Å²) in [5.41, 5.74) is 2.23. The van der Waals surface area contributed by atoms with Gasteiger partial charge in [0.1, 0.15) is 0 Å². The summed E-state index contributed by atoms with van der Waals surface area (Å²) in [4.78, 5) is 0. The van der Waals surface area contributed by atoms with E-state index in [1.807, 2.05) is 0 Å². The molecular weight excluding hydrogens is 330 g/mol. The van der Waals surface area contributed by atoms with Gasteiger partial charge in [-0.2, -0.15) is 0 Å². The molecule has 0 N–H and O–H groups in total. The molecule has 0 unspecified atom stereocenters. The van der Waals surface area contributed by atoms with Crippen LogP contribution in [0.1, 0.15) is 85.0 Å². The molecule has 2 aliphatic rings. The van der Waals surface area contributed by atoms with Gasteiger partial charge in [0.25, 0.3) is 0 Å². The van der Waals surface area contributed by atoms with E-state index in [0.29, 0.717) is 5.16 Å². The average molecular weight is 361 g/mol. The predicted molar refractivity (Wildman–Crippen MR) is 80.4 cm³/mol. The van der Waals surface area contributed by atoms with Crippen molar-refractivity contribution in [1.29, 1.82) is 0 Å². The normalized spacial score (nSPS) is 24.0. The summed E-state index contributed by atoms with van der Waals surface area (Å²) in [7, 11) is 0.262. The van der Waals surface area contributed by atoms with Crippen LogP contribution in [-0.4, -0.2) is 16.5 Å². The Bertz CT molecular complexity index is 204. The Balaban J connectivity index is 0.00000162. The van der Waals surface area contributed by atoms with Crippen molar-refractivity contribution in [2.45, 2.75) is 101 Å². The van der Waals surface area contributed by atoms with Crippen molar-refractivity contribution in [3.05, 3.63) is 0 Å². The maximum atomic E-state index is 2.53. The van der Waals surface area contributed by atoms with Crippen LogP contribution in [0.4, 0.5) is 0 Å². The molecule has 0 aromatic carbocycles. The van der Waals surface area contributed by atoms with Gasteiger partial charge in [-0.1, -0.05) is 67.2 Å². The Kier molecular flexibility index (Phi) is 7.39. The Hall–Kier alpha value is 1.09. The number of rotatable bonds is 2. The average Bonchev–Trinajstić information content (AvgIpc) is 2.30. The fraction of sp³-hybridized carbons (Fsp3) is 1.00. The Morgan fingerprint density at radius 3 is 1.28 bits per heavy atom. The first-order valence-corrected chi connectivity index (χ1v) is 9.35. The van der Waals surface area contributed by atoms with Gasteiger partial charge in [0.15, 0.2) is 0 Å². The van der Waals surface area contributed by atoms with Crippen LogP contribution in [0.3, 0.4) is 0 Å². The molecule has 0 saturated heterocycles. The maximum absolute atomic E-state index is 2.53. The van der Waals surface area contributed by atoms with Gasteiger partial charge in [0.2, 0.25) is 0 Å². The van der Waals surface area contributed by atoms with Crippen molar-refractivity contribution in [3.63, 3.8) is 0 Å². The Labute approximate surface area is 129 Å². The van der Waals surface area contributed by atoms with Crippen LogP contribution in [0.5, 0.6) is 0 Å². The number of hydrogen-bond acceptors (Lipinski definition) is 0. The molecule has 0 amide bonds. The standard InChI is InChI=1S/C16H31P.Pd/c1-16(2,3)17(14-10-6-4-7-11-14)15-12-8-5-9-13-15;/h14-15H,4-13H2,1-3H3;. The van der Waals surface area contributed by atoms with E-state index in [-0.39, 0.29) is 28.3 Å². The van der Waals surface area contributed by atoms with Gasteiger partial charge in [-0.25, -0.2) is 0 Å². The van der Waals surface area contributed by atoms with E-state index in [1.54, 1.807) is 25.7 Å². The summed E-state index contributed by atoms with van der Waals surface area (Å²) in [6.07, 6.45) is 15.3. The van der Waals surface area contributed by atoms with Gasteiger partial charge in [-0.3, -0.25) is 0 Å². The molecule has 110 valence electrons. The first-order valence-electron chi connectivity index (χ1n) is 7.87. The molecule has 0 nitrogen and oxygen atoms in total. The molecule has 0 spiro atoms. The summed E-state index contributed by atoms with van der Waals surface area (Å²) >= 11 is 0. The van der Waals surface area contributed by atoms with Gasteiger partial charge in [0, 0.05) is 20.4 Å². The molecule has 2 heteroatoms. The van der Waals surface area contributed by atoms with E-state index in [1.165, 1.54) is 38.5 Å². The largest absolute Gasteiger partial charge is 0.0948 e. The zero-order valence-electron chi connectivity index (χ0n) is 12.5. The molecular formula is C16H31PPd. The molecule has 0 aliphatic heterocycles. The van der Waals surface area contributed by atoms with Gasteiger partial charge < -0.3 is 0 Å². The van der Waals surface area contributed by atoms with Crippen LogP contribution >= 0.6 is 7.92 Å². The molecule has 0 atom stereocenters. The van der Waals surface area contributed by atoms with Gasteiger partial charge in [-0.15, -0.1) is 0 Å². The Morgan fingerprint density at radius 2 is 1.00 bits per heavy atom. The minimum absolute atomic E-state index is 0. The smallest absolute Gasteiger partial charge is 0 e. The second-order valence-electron chi connectivity index (χ2n) is 7.16. The van der Waals surface area contributed by atoms with E-state index >= 15 is 0 Å². The minimum atomic E-state index is 0. The summed E-state index contributed by atoms with van der Waals surface area (Å²) < 4.78 is 0. The van der Waals surface area contributed by atoms with Crippen molar-refractivity contribution in [2.24, 2.45) is 0 Å². The molecule has 2 rings (SSSR count). The fourth-order valence-corrected chi connectivity index (χ4v) is 8.74. The summed E-state index contributed by atoms with van der Waals surface area (Å²) in [5, 5.41) is 0.597. The predicted octanol–water partition coefficient (Wildman–Crippen LogP) is 5.93. The molecule has 2 aliphatic carbocycles. The van der Waals surface area contributed by atoms with Crippen LogP contribution in [0.15, 0.2) is 0 Å². The van der Waals surface area contributed by atoms with Crippen molar-refractivity contribution in [1.82, 2.24) is 0 Å². The van der Waals surface area contributed by atoms with Crippen molar-refractivity contribution >= 4 is 7.92 Å². The SMILES string of the molecule is CC(C)(C)P(C1CCCCC1)C1CCCCC1.[Pd]. The molecule has 2 fully saturated rings. The maximum Gasteiger partial charge on any atom is 0 e. The van der Waals surface area contributed by atoms with E-state index in [0.717, 1.165) is 11.3 Å². The van der Waals surface area contributed by atoms with Gasteiger partial charge in [0.05, 0.1) is 0 Å². The zero-order chi connectivity index (χ0) is 12.3. The van der Waals surface area contributed by atoms with Gasteiger partial charge in [-0.05, 0) is 42.2 Å². The summed E-state index contributed by atoms with van der Waals surface area (Å²) in [6.45, 7) is 7.59. The molecule has 2 saturated carbocycles. The summed E-state index contributed by atoms with van der Waals surface area (Å²) in [5.74, 6) is 0. The van der Waals surface area contributed by atoms with Gasteiger partial charge >= 0.3 is 0 Å². The molecule has 0 radical (unpaired) electrons. The first-order chi connectivity index (χ1) is 8.09. The van der Waals surface area contributed by atoms with Crippen molar-refractivity contribution in [3.8, 4) is 0 Å². The van der Waals surface area contributed by atoms with Crippen molar-refractivity contribution in [2.75, 3.05) is 0 Å². The van der Waals surface area contributed by atoms with Crippen LogP contribution < -0.4 is 0 Å². The number of hydrogen-bond donors (Lipinski definition) is 0. The van der Waals surface area contributed by atoms with Crippen LogP contribution in [0.25, 0.3) is 0 Å². The minimum Gasteiger partial charge on any atom is -0.0948 e. The van der Waals surface area contributed by atoms with Crippen LogP contribution in [0, 0.1) is 0 Å². The molecule has 0 aromatic heterocycles. The third kappa shape index (κ3) is 4.58. The van der Waals surface area contributed by atoms with E-state index in [9.17, 15) is 0 Å². The zero-order valence-corrected chi connectivity index (χ0v) is 14.9. The second kappa shape index (κ2) is 7.76. The molecule has 0 aromatic rings. The molecule has 0 bridgehead atoms. The monoisotopic (exact) mass is 360 g/mol. The van der Waals surface area contributed by atoms with E-state index < -0.39 is 0 Å². The second-order valence-corrected chi connectivity index (χ2v) is 10.8. The quantitative estimate of drug-likeness (QED) is 0.423. The van der Waals surface area contributed by atoms with Crippen LogP contribution in [0.2, 0.25) is 0 Å². The third-order valence-electron chi connectivity index (χ3n) is 4.71. The topological polar surface area (TPSA) is 0 Å². The first kappa shape index (κ1) is 17.1. The molecule has 0 heterocycles. The Morgan fingerprint density at radius 1 is 0.667 bits per heavy atom. The van der Waals surface area contributed by atoms with Crippen LogP contribution in [-0.2, 0) is 20.4 Å². The van der Waals surface area contributed by atoms with E-state index in [4.69, 9.17) is 0 Å². The van der Waals surface area contributed by atoms with E-state index in [2.05, 4.69) is 20.8 Å². The van der Waals surface area contributed by atoms with Crippen molar-refractivity contribution < 1.29 is 20.4 Å². The summed E-state index contributed by atoms with van der Waals surface area (Å²) in [6, 6.07) is 0. The third-order valence-corrected chi connectivity index (χ3v) is 8.87.